The third kappa shape index (κ3) is 3.95. The molecule has 0 unspecified atom stereocenters. The molecule has 108 valence electrons. The van der Waals surface area contributed by atoms with E-state index in [2.05, 4.69) is 12.2 Å². The molecule has 7 heteroatoms. The topological polar surface area (TPSA) is 49.4 Å². The molecule has 0 aromatic carbocycles. The first-order chi connectivity index (χ1) is 9.14. The highest BCUT2D eigenvalue weighted by Gasteiger charge is 2.26. The van der Waals surface area contributed by atoms with Gasteiger partial charge in [-0.2, -0.15) is 16.1 Å². The summed E-state index contributed by atoms with van der Waals surface area (Å²) in [4.78, 5) is 1.54. The van der Waals surface area contributed by atoms with Crippen LogP contribution < -0.4 is 5.32 Å². The van der Waals surface area contributed by atoms with Crippen molar-refractivity contribution in [1.82, 2.24) is 9.62 Å². The first kappa shape index (κ1) is 15.3. The van der Waals surface area contributed by atoms with Crippen LogP contribution in [0.15, 0.2) is 16.3 Å². The van der Waals surface area contributed by atoms with E-state index in [-0.39, 0.29) is 0 Å². The third-order valence-electron chi connectivity index (χ3n) is 2.96. The lowest BCUT2D eigenvalue weighted by molar-refractivity contribution is 0.444. The molecule has 0 spiro atoms. The molecule has 1 fully saturated rings. The van der Waals surface area contributed by atoms with Crippen LogP contribution in [0.4, 0.5) is 0 Å². The molecule has 0 radical (unpaired) electrons. The van der Waals surface area contributed by atoms with E-state index in [1.165, 1.54) is 11.3 Å². The summed E-state index contributed by atoms with van der Waals surface area (Å²) in [5.41, 5.74) is 0. The van der Waals surface area contributed by atoms with Crippen LogP contribution in [0.25, 0.3) is 0 Å². The maximum absolute atomic E-state index is 12.4. The molecule has 1 N–H and O–H groups in total. The minimum Gasteiger partial charge on any atom is -0.312 e. The molecule has 4 nitrogen and oxygen atoms in total. The van der Waals surface area contributed by atoms with Gasteiger partial charge in [0.1, 0.15) is 0 Å². The number of hydrogen-bond acceptors (Lipinski definition) is 5. The average molecular weight is 321 g/mol. The fraction of sp³-hybridized carbons (Fsp3) is 0.667. The van der Waals surface area contributed by atoms with E-state index in [4.69, 9.17) is 0 Å². The Morgan fingerprint density at radius 2 is 2.11 bits per heavy atom. The SMILES string of the molecule is CCCNCc1cc(S(=O)(=O)N2CCSCC2)cs1. The van der Waals surface area contributed by atoms with Gasteiger partial charge in [-0.05, 0) is 19.0 Å². The zero-order chi connectivity index (χ0) is 13.7. The zero-order valence-corrected chi connectivity index (χ0v) is 13.5. The summed E-state index contributed by atoms with van der Waals surface area (Å²) in [5, 5.41) is 5.06. The van der Waals surface area contributed by atoms with Gasteiger partial charge >= 0.3 is 0 Å². The summed E-state index contributed by atoms with van der Waals surface area (Å²) in [6.45, 7) is 5.09. The molecule has 0 bridgehead atoms. The highest BCUT2D eigenvalue weighted by atomic mass is 32.2. The Hall–Kier alpha value is -0.0800. The van der Waals surface area contributed by atoms with Crippen molar-refractivity contribution >= 4 is 33.1 Å². The third-order valence-corrected chi connectivity index (χ3v) is 6.87. The summed E-state index contributed by atoms with van der Waals surface area (Å²) in [7, 11) is -3.27. The molecular weight excluding hydrogens is 300 g/mol. The molecule has 2 rings (SSSR count). The van der Waals surface area contributed by atoms with Crippen molar-refractivity contribution in [3.8, 4) is 0 Å². The smallest absolute Gasteiger partial charge is 0.243 e. The zero-order valence-electron chi connectivity index (χ0n) is 11.1. The van der Waals surface area contributed by atoms with Crippen LogP contribution in [0, 0.1) is 0 Å². The van der Waals surface area contributed by atoms with Crippen molar-refractivity contribution in [3.05, 3.63) is 16.3 Å². The lowest BCUT2D eigenvalue weighted by atomic mass is 10.4. The van der Waals surface area contributed by atoms with E-state index in [0.717, 1.165) is 35.9 Å². The second-order valence-corrected chi connectivity index (χ2v) is 8.60. The number of thioether (sulfide) groups is 1. The summed E-state index contributed by atoms with van der Waals surface area (Å²) < 4.78 is 26.5. The van der Waals surface area contributed by atoms with Crippen LogP contribution >= 0.6 is 23.1 Å². The molecule has 2 heterocycles. The Morgan fingerprint density at radius 3 is 2.79 bits per heavy atom. The molecule has 1 aliphatic heterocycles. The van der Waals surface area contributed by atoms with Crippen LogP contribution in [0.2, 0.25) is 0 Å². The van der Waals surface area contributed by atoms with Gasteiger partial charge in [0.05, 0.1) is 4.90 Å². The fourth-order valence-corrected chi connectivity index (χ4v) is 5.72. The molecular formula is C12H20N2O2S3. The highest BCUT2D eigenvalue weighted by Crippen LogP contribution is 2.24. The summed E-state index contributed by atoms with van der Waals surface area (Å²) >= 11 is 3.33. The van der Waals surface area contributed by atoms with Gasteiger partial charge in [0.25, 0.3) is 0 Å². The first-order valence-electron chi connectivity index (χ1n) is 6.50. The molecule has 1 aromatic heterocycles. The number of hydrogen-bond donors (Lipinski definition) is 1. The van der Waals surface area contributed by atoms with Crippen molar-refractivity contribution in [3.63, 3.8) is 0 Å². The van der Waals surface area contributed by atoms with Crippen molar-refractivity contribution in [2.75, 3.05) is 31.1 Å². The average Bonchev–Trinajstić information content (AvgIpc) is 2.90. The maximum Gasteiger partial charge on any atom is 0.243 e. The van der Waals surface area contributed by atoms with Gasteiger partial charge in [0, 0.05) is 41.4 Å². The number of thiophene rings is 1. The van der Waals surface area contributed by atoms with Crippen molar-refractivity contribution in [2.24, 2.45) is 0 Å². The van der Waals surface area contributed by atoms with E-state index >= 15 is 0 Å². The Kier molecular flexibility index (Phi) is 5.70. The van der Waals surface area contributed by atoms with E-state index in [1.54, 1.807) is 9.69 Å². The quantitative estimate of drug-likeness (QED) is 0.814. The van der Waals surface area contributed by atoms with Crippen molar-refractivity contribution in [2.45, 2.75) is 24.8 Å². The molecule has 1 aliphatic rings. The van der Waals surface area contributed by atoms with Crippen LogP contribution in [-0.4, -0.2) is 43.9 Å². The number of rotatable bonds is 6. The van der Waals surface area contributed by atoms with Gasteiger partial charge in [-0.3, -0.25) is 0 Å². The minimum absolute atomic E-state index is 0.456. The van der Waals surface area contributed by atoms with Gasteiger partial charge in [0.2, 0.25) is 10.0 Å². The lowest BCUT2D eigenvalue weighted by Gasteiger charge is -2.25. The second kappa shape index (κ2) is 7.08. The summed E-state index contributed by atoms with van der Waals surface area (Å²) in [6, 6.07) is 1.81. The first-order valence-corrected chi connectivity index (χ1v) is 9.98. The normalized spacial score (nSPS) is 17.7. The van der Waals surface area contributed by atoms with Gasteiger partial charge in [-0.25, -0.2) is 8.42 Å². The Morgan fingerprint density at radius 1 is 1.37 bits per heavy atom. The van der Waals surface area contributed by atoms with Crippen LogP contribution in [0.1, 0.15) is 18.2 Å². The van der Waals surface area contributed by atoms with Crippen LogP contribution in [0.3, 0.4) is 0 Å². The fourth-order valence-electron chi connectivity index (χ4n) is 1.91. The largest absolute Gasteiger partial charge is 0.312 e. The molecule has 0 amide bonds. The number of nitrogens with one attached hydrogen (secondary N) is 1. The Labute approximate surface area is 123 Å². The van der Waals surface area contributed by atoms with Gasteiger partial charge in [-0.1, -0.05) is 6.92 Å². The monoisotopic (exact) mass is 320 g/mol. The highest BCUT2D eigenvalue weighted by molar-refractivity contribution is 7.99. The van der Waals surface area contributed by atoms with Crippen molar-refractivity contribution < 1.29 is 8.42 Å². The number of sulfonamides is 1. The lowest BCUT2D eigenvalue weighted by Crippen LogP contribution is -2.37. The molecule has 0 aliphatic carbocycles. The summed E-state index contributed by atoms with van der Waals surface area (Å²) in [6.07, 6.45) is 1.09. The van der Waals surface area contributed by atoms with Crippen molar-refractivity contribution in [1.29, 1.82) is 0 Å². The predicted molar refractivity (Wildman–Crippen MR) is 82.4 cm³/mol. The predicted octanol–water partition coefficient (Wildman–Crippen LogP) is 1.99. The second-order valence-electron chi connectivity index (χ2n) is 4.44. The molecule has 0 atom stereocenters. The Bertz CT molecular complexity index is 493. The maximum atomic E-state index is 12.4. The molecule has 1 saturated heterocycles. The Balaban J connectivity index is 2.03. The minimum atomic E-state index is -3.27. The molecule has 19 heavy (non-hydrogen) atoms. The molecule has 1 aromatic rings. The van der Waals surface area contributed by atoms with Gasteiger partial charge < -0.3 is 5.32 Å². The van der Waals surface area contributed by atoms with Gasteiger partial charge in [0.15, 0.2) is 0 Å². The standard InChI is InChI=1S/C12H20N2O2S3/c1-2-3-13-9-11-8-12(10-18-11)19(15,16)14-4-6-17-7-5-14/h8,10,13H,2-7,9H2,1H3. The van der Waals surface area contributed by atoms with Crippen LogP contribution in [-0.2, 0) is 16.6 Å². The van der Waals surface area contributed by atoms with Gasteiger partial charge in [-0.15, -0.1) is 11.3 Å². The van der Waals surface area contributed by atoms with Crippen LogP contribution in [0.5, 0.6) is 0 Å². The van der Waals surface area contributed by atoms with E-state index in [9.17, 15) is 8.42 Å². The van der Waals surface area contributed by atoms with E-state index in [0.29, 0.717) is 18.0 Å². The summed E-state index contributed by atoms with van der Waals surface area (Å²) in [5.74, 6) is 1.79. The number of nitrogens with zero attached hydrogens (tertiary/aromatic N) is 1. The molecule has 0 saturated carbocycles. The van der Waals surface area contributed by atoms with E-state index in [1.807, 2.05) is 17.8 Å². The van der Waals surface area contributed by atoms with E-state index < -0.39 is 10.0 Å².